The summed E-state index contributed by atoms with van der Waals surface area (Å²) in [6.07, 6.45) is 5.01. The van der Waals surface area contributed by atoms with Gasteiger partial charge in [0.1, 0.15) is 15.5 Å². The van der Waals surface area contributed by atoms with Crippen molar-refractivity contribution in [2.75, 3.05) is 7.11 Å². The Balaban J connectivity index is 1.75. The molecule has 0 unspecified atom stereocenters. The topological polar surface area (TPSA) is 88.7 Å². The summed E-state index contributed by atoms with van der Waals surface area (Å²) in [4.78, 5) is 18.9. The second-order valence-electron chi connectivity index (χ2n) is 6.93. The molecular formula is C22H18Cl2N4O3S. The van der Waals surface area contributed by atoms with Crippen molar-refractivity contribution >= 4 is 56.9 Å². The van der Waals surface area contributed by atoms with E-state index in [0.29, 0.717) is 22.2 Å². The van der Waals surface area contributed by atoms with Crippen LogP contribution < -0.4 is 5.43 Å². The number of aromatic nitrogens is 2. The van der Waals surface area contributed by atoms with E-state index in [2.05, 4.69) is 15.5 Å². The Hall–Kier alpha value is -2.91. The van der Waals surface area contributed by atoms with Gasteiger partial charge in [-0.15, -0.1) is 11.3 Å². The summed E-state index contributed by atoms with van der Waals surface area (Å²) in [7, 11) is 1.63. The molecule has 1 amide bonds. The van der Waals surface area contributed by atoms with Crippen LogP contribution in [-0.4, -0.2) is 33.9 Å². The molecule has 0 saturated carbocycles. The molecule has 0 atom stereocenters. The lowest BCUT2D eigenvalue weighted by atomic mass is 10.1. The van der Waals surface area contributed by atoms with E-state index in [9.17, 15) is 9.90 Å². The Morgan fingerprint density at radius 2 is 2.06 bits per heavy atom. The molecule has 164 valence electrons. The summed E-state index contributed by atoms with van der Waals surface area (Å²) in [5.74, 6) is -0.588. The minimum Gasteiger partial charge on any atom is -0.506 e. The number of benzene rings is 1. The lowest BCUT2D eigenvalue weighted by Crippen LogP contribution is -2.18. The molecule has 7 nitrogen and oxygen atoms in total. The highest BCUT2D eigenvalue weighted by molar-refractivity contribution is 7.21. The van der Waals surface area contributed by atoms with Crippen LogP contribution in [0.5, 0.6) is 5.75 Å². The number of ether oxygens (including phenoxy) is 1. The van der Waals surface area contributed by atoms with Crippen molar-refractivity contribution in [3.63, 3.8) is 0 Å². The van der Waals surface area contributed by atoms with Crippen LogP contribution in [0.4, 0.5) is 0 Å². The first-order valence-electron chi connectivity index (χ1n) is 9.45. The van der Waals surface area contributed by atoms with Crippen molar-refractivity contribution in [1.82, 2.24) is 15.0 Å². The molecule has 0 aliphatic carbocycles. The fraction of sp³-hybridized carbons (Fsp3) is 0.136. The number of phenolic OH excluding ortho intramolecular Hbond substituents is 1. The van der Waals surface area contributed by atoms with Gasteiger partial charge in [0.15, 0.2) is 0 Å². The van der Waals surface area contributed by atoms with Crippen LogP contribution in [0.1, 0.15) is 26.5 Å². The van der Waals surface area contributed by atoms with Crippen LogP contribution >= 0.6 is 34.5 Å². The van der Waals surface area contributed by atoms with Gasteiger partial charge in [0, 0.05) is 41.2 Å². The Morgan fingerprint density at radius 1 is 1.31 bits per heavy atom. The second-order valence-corrected chi connectivity index (χ2v) is 8.77. The molecule has 0 saturated heterocycles. The van der Waals surface area contributed by atoms with Gasteiger partial charge >= 0.3 is 0 Å². The van der Waals surface area contributed by atoms with Gasteiger partial charge in [-0.25, -0.2) is 10.4 Å². The number of fused-ring (bicyclic) bond motifs is 1. The number of carbonyl (C=O) groups is 1. The first-order chi connectivity index (χ1) is 15.4. The van der Waals surface area contributed by atoms with Crippen LogP contribution in [0.3, 0.4) is 0 Å². The Kier molecular flexibility index (Phi) is 6.48. The van der Waals surface area contributed by atoms with Crippen molar-refractivity contribution in [2.24, 2.45) is 5.10 Å². The SMILES string of the molecule is COCc1cc(C)nc2sc(C(=O)N/N=C/c3cc(Cl)cc(Cl)c3O)c(-n3cccc3)c12. The van der Waals surface area contributed by atoms with Crippen molar-refractivity contribution in [3.05, 3.63) is 74.5 Å². The van der Waals surface area contributed by atoms with E-state index < -0.39 is 5.91 Å². The molecule has 3 aromatic heterocycles. The maximum atomic E-state index is 13.1. The zero-order valence-electron chi connectivity index (χ0n) is 17.1. The number of amides is 1. The second kappa shape index (κ2) is 9.30. The quantitative estimate of drug-likeness (QED) is 0.284. The Labute approximate surface area is 197 Å². The smallest absolute Gasteiger partial charge is 0.283 e. The highest BCUT2D eigenvalue weighted by Crippen LogP contribution is 2.36. The number of aryl methyl sites for hydroxylation is 1. The van der Waals surface area contributed by atoms with E-state index in [4.69, 9.17) is 27.9 Å². The molecule has 2 N–H and O–H groups in total. The van der Waals surface area contributed by atoms with Crippen LogP contribution in [-0.2, 0) is 11.3 Å². The van der Waals surface area contributed by atoms with Crippen LogP contribution in [0.25, 0.3) is 15.9 Å². The van der Waals surface area contributed by atoms with Crippen LogP contribution in [0.15, 0.2) is 47.8 Å². The first-order valence-corrected chi connectivity index (χ1v) is 11.0. The van der Waals surface area contributed by atoms with Gasteiger partial charge in [-0.2, -0.15) is 5.10 Å². The number of nitrogens with one attached hydrogen (secondary N) is 1. The number of halogens is 2. The third kappa shape index (κ3) is 4.35. The first kappa shape index (κ1) is 22.3. The molecule has 0 fully saturated rings. The molecule has 1 aromatic carbocycles. The van der Waals surface area contributed by atoms with Crippen LogP contribution in [0, 0.1) is 6.92 Å². The van der Waals surface area contributed by atoms with E-state index in [0.717, 1.165) is 21.5 Å². The number of hydrogen-bond acceptors (Lipinski definition) is 6. The molecular weight excluding hydrogens is 471 g/mol. The van der Waals surface area contributed by atoms with Crippen molar-refractivity contribution < 1.29 is 14.6 Å². The van der Waals surface area contributed by atoms with Gasteiger partial charge in [0.05, 0.1) is 23.5 Å². The molecule has 3 heterocycles. The minimum absolute atomic E-state index is 0.0943. The Bertz CT molecular complexity index is 1330. The number of nitrogens with zero attached hydrogens (tertiary/aromatic N) is 3. The fourth-order valence-corrected chi connectivity index (χ4v) is 5.01. The summed E-state index contributed by atoms with van der Waals surface area (Å²) < 4.78 is 7.25. The average molecular weight is 489 g/mol. The lowest BCUT2D eigenvalue weighted by molar-refractivity contribution is 0.0959. The monoisotopic (exact) mass is 488 g/mol. The standard InChI is InChI=1S/C22H18Cl2N4O3S/c1-12-7-14(11-31-2)17-18(28-5-3-4-6-28)20(32-22(17)26-12)21(30)27-25-10-13-8-15(23)9-16(24)19(13)29/h3-10,29H,11H2,1-2H3,(H,27,30)/b25-10+. The maximum Gasteiger partial charge on any atom is 0.283 e. The van der Waals surface area contributed by atoms with E-state index in [1.165, 1.54) is 29.7 Å². The van der Waals surface area contributed by atoms with E-state index >= 15 is 0 Å². The molecule has 10 heteroatoms. The van der Waals surface area contributed by atoms with Crippen LogP contribution in [0.2, 0.25) is 10.0 Å². The summed E-state index contributed by atoms with van der Waals surface area (Å²) in [5.41, 5.74) is 5.28. The van der Waals surface area contributed by atoms with Gasteiger partial charge < -0.3 is 14.4 Å². The van der Waals surface area contributed by atoms with Crippen molar-refractivity contribution in [3.8, 4) is 11.4 Å². The third-order valence-corrected chi connectivity index (χ3v) is 6.22. The third-order valence-electron chi connectivity index (χ3n) is 4.64. The van der Waals surface area contributed by atoms with E-state index in [1.54, 1.807) is 7.11 Å². The summed E-state index contributed by atoms with van der Waals surface area (Å²) in [6.45, 7) is 2.29. The zero-order chi connectivity index (χ0) is 22.8. The zero-order valence-corrected chi connectivity index (χ0v) is 19.4. The molecule has 4 rings (SSSR count). The van der Waals surface area contributed by atoms with Gasteiger partial charge in [-0.05, 0) is 42.8 Å². The van der Waals surface area contributed by atoms with Gasteiger partial charge in [0.2, 0.25) is 0 Å². The van der Waals surface area contributed by atoms with E-state index in [1.807, 2.05) is 42.1 Å². The number of thiophene rings is 1. The highest BCUT2D eigenvalue weighted by Gasteiger charge is 2.23. The largest absolute Gasteiger partial charge is 0.506 e. The lowest BCUT2D eigenvalue weighted by Gasteiger charge is -2.09. The predicted octanol–water partition coefficient (Wildman–Crippen LogP) is 5.32. The number of rotatable bonds is 6. The summed E-state index contributed by atoms with van der Waals surface area (Å²) >= 11 is 13.2. The molecule has 32 heavy (non-hydrogen) atoms. The minimum atomic E-state index is -0.415. The fourth-order valence-electron chi connectivity index (χ4n) is 3.34. The number of phenols is 1. The summed E-state index contributed by atoms with van der Waals surface area (Å²) in [6, 6.07) is 8.63. The Morgan fingerprint density at radius 3 is 2.78 bits per heavy atom. The van der Waals surface area contributed by atoms with Gasteiger partial charge in [-0.3, -0.25) is 4.79 Å². The number of hydrogen-bond donors (Lipinski definition) is 2. The number of aromatic hydroxyl groups is 1. The number of pyridine rings is 1. The van der Waals surface area contributed by atoms with Gasteiger partial charge in [-0.1, -0.05) is 23.2 Å². The molecule has 0 bridgehead atoms. The number of hydrazone groups is 1. The highest BCUT2D eigenvalue weighted by atomic mass is 35.5. The van der Waals surface area contributed by atoms with Crippen molar-refractivity contribution in [1.29, 1.82) is 0 Å². The maximum absolute atomic E-state index is 13.1. The molecule has 0 aliphatic heterocycles. The normalized spacial score (nSPS) is 11.5. The average Bonchev–Trinajstić information content (AvgIpc) is 3.39. The predicted molar refractivity (Wildman–Crippen MR) is 128 cm³/mol. The molecule has 0 radical (unpaired) electrons. The molecule has 0 aliphatic rings. The number of carbonyl (C=O) groups excluding carboxylic acids is 1. The van der Waals surface area contributed by atoms with E-state index in [-0.39, 0.29) is 16.3 Å². The van der Waals surface area contributed by atoms with Crippen molar-refractivity contribution in [2.45, 2.75) is 13.5 Å². The molecule has 0 spiro atoms. The molecule has 4 aromatic rings. The summed E-state index contributed by atoms with van der Waals surface area (Å²) in [5, 5.41) is 15.3. The van der Waals surface area contributed by atoms with Gasteiger partial charge in [0.25, 0.3) is 5.91 Å². The number of methoxy groups -OCH3 is 1.